The Morgan fingerprint density at radius 3 is 2.78 bits per heavy atom. The standard InChI is InChI=1S/C25H28ClN3O2S/c1-32-14-12-22(28-24(30)19-9-3-4-10-20(19)26)25(31)29-13-6-8-18(16-29)23-15-17-7-2-5-11-21(17)27-23/h2-5,7,9-11,15,18,22,27H,6,8,12-14,16H2,1H3,(H,28,30)/t18-,22+/m0/s1. The van der Waals surface area contributed by atoms with Crippen LogP contribution in [-0.2, 0) is 4.79 Å². The molecule has 3 aromatic rings. The van der Waals surface area contributed by atoms with E-state index in [0.717, 1.165) is 24.1 Å². The van der Waals surface area contributed by atoms with E-state index in [-0.39, 0.29) is 17.7 Å². The molecule has 1 fully saturated rings. The predicted octanol–water partition coefficient (Wildman–Crippen LogP) is 5.08. The summed E-state index contributed by atoms with van der Waals surface area (Å²) in [5.74, 6) is 0.735. The minimum atomic E-state index is -0.562. The molecule has 32 heavy (non-hydrogen) atoms. The summed E-state index contributed by atoms with van der Waals surface area (Å²) in [5, 5.41) is 4.52. The van der Waals surface area contributed by atoms with Crippen molar-refractivity contribution in [1.82, 2.24) is 15.2 Å². The quantitative estimate of drug-likeness (QED) is 0.507. The van der Waals surface area contributed by atoms with Crippen molar-refractivity contribution in [2.75, 3.05) is 25.1 Å². The van der Waals surface area contributed by atoms with Crippen LogP contribution in [0.3, 0.4) is 0 Å². The molecule has 0 spiro atoms. The van der Waals surface area contributed by atoms with Gasteiger partial charge in [0.05, 0.1) is 10.6 Å². The third kappa shape index (κ3) is 5.13. The highest BCUT2D eigenvalue weighted by Gasteiger charge is 2.31. The van der Waals surface area contributed by atoms with Crippen molar-refractivity contribution in [2.24, 2.45) is 0 Å². The van der Waals surface area contributed by atoms with Crippen LogP contribution >= 0.6 is 23.4 Å². The summed E-state index contributed by atoms with van der Waals surface area (Å²) in [7, 11) is 0. The summed E-state index contributed by atoms with van der Waals surface area (Å²) in [4.78, 5) is 31.7. The number of halogens is 1. The lowest BCUT2D eigenvalue weighted by molar-refractivity contribution is -0.134. The number of rotatable bonds is 7. The lowest BCUT2D eigenvalue weighted by atomic mass is 9.94. The van der Waals surface area contributed by atoms with Crippen molar-refractivity contribution in [2.45, 2.75) is 31.2 Å². The molecule has 2 atom stereocenters. The highest BCUT2D eigenvalue weighted by Crippen LogP contribution is 2.29. The average molecular weight is 470 g/mol. The molecule has 1 aliphatic heterocycles. The first-order valence-corrected chi connectivity index (χ1v) is 12.7. The Morgan fingerprint density at radius 2 is 2.00 bits per heavy atom. The van der Waals surface area contributed by atoms with Gasteiger partial charge in [0.2, 0.25) is 5.91 Å². The fourth-order valence-corrected chi connectivity index (χ4v) is 5.03. The SMILES string of the molecule is CSCC[C@@H](NC(=O)c1ccccc1Cl)C(=O)N1CCC[C@H](c2cc3ccccc3[nH]2)C1. The zero-order chi connectivity index (χ0) is 22.5. The topological polar surface area (TPSA) is 65.2 Å². The van der Waals surface area contributed by atoms with Gasteiger partial charge in [0.25, 0.3) is 5.91 Å². The van der Waals surface area contributed by atoms with E-state index in [1.165, 1.54) is 11.1 Å². The third-order valence-electron chi connectivity index (χ3n) is 6.06. The normalized spacial score (nSPS) is 17.3. The Hall–Kier alpha value is -2.44. The van der Waals surface area contributed by atoms with Gasteiger partial charge in [0.1, 0.15) is 6.04 Å². The molecular weight excluding hydrogens is 442 g/mol. The Kier molecular flexibility index (Phi) is 7.43. The zero-order valence-electron chi connectivity index (χ0n) is 18.1. The van der Waals surface area contributed by atoms with Crippen molar-refractivity contribution in [1.29, 1.82) is 0 Å². The molecule has 2 amide bonds. The van der Waals surface area contributed by atoms with Crippen LogP contribution in [0.5, 0.6) is 0 Å². The number of likely N-dealkylation sites (tertiary alicyclic amines) is 1. The second-order valence-electron chi connectivity index (χ2n) is 8.22. The summed E-state index contributed by atoms with van der Waals surface area (Å²) >= 11 is 7.86. The molecule has 168 valence electrons. The number of aromatic amines is 1. The summed E-state index contributed by atoms with van der Waals surface area (Å²) in [6, 6.07) is 16.8. The number of aromatic nitrogens is 1. The van der Waals surface area contributed by atoms with Crippen LogP contribution in [0.2, 0.25) is 5.02 Å². The first kappa shape index (κ1) is 22.7. The van der Waals surface area contributed by atoms with Crippen molar-refractivity contribution in [3.63, 3.8) is 0 Å². The predicted molar refractivity (Wildman–Crippen MR) is 133 cm³/mol. The van der Waals surface area contributed by atoms with Crippen LogP contribution in [0.15, 0.2) is 54.6 Å². The number of fused-ring (bicyclic) bond motifs is 1. The van der Waals surface area contributed by atoms with Crippen LogP contribution in [0.4, 0.5) is 0 Å². The summed E-state index contributed by atoms with van der Waals surface area (Å²) in [5.41, 5.74) is 2.69. The number of carbonyl (C=O) groups excluding carboxylic acids is 2. The molecule has 7 heteroatoms. The number of amides is 2. The number of nitrogens with zero attached hydrogens (tertiary/aromatic N) is 1. The van der Waals surface area contributed by atoms with E-state index in [9.17, 15) is 9.59 Å². The third-order valence-corrected chi connectivity index (χ3v) is 7.03. The van der Waals surface area contributed by atoms with Crippen LogP contribution in [0.1, 0.15) is 41.2 Å². The number of hydrogen-bond acceptors (Lipinski definition) is 3. The molecule has 2 N–H and O–H groups in total. The first-order valence-electron chi connectivity index (χ1n) is 11.0. The van der Waals surface area contributed by atoms with Crippen LogP contribution in [0, 0.1) is 0 Å². The minimum absolute atomic E-state index is 0.0136. The number of carbonyl (C=O) groups is 2. The van der Waals surface area contributed by atoms with Crippen molar-refractivity contribution >= 4 is 46.1 Å². The summed E-state index contributed by atoms with van der Waals surface area (Å²) in [6.07, 6.45) is 4.57. The van der Waals surface area contributed by atoms with Gasteiger partial charge in [-0.1, -0.05) is 41.9 Å². The Balaban J connectivity index is 1.48. The first-order chi connectivity index (χ1) is 15.6. The highest BCUT2D eigenvalue weighted by atomic mass is 35.5. The van der Waals surface area contributed by atoms with Crippen molar-refractivity contribution in [3.05, 3.63) is 70.9 Å². The number of H-pyrrole nitrogens is 1. The Bertz CT molecular complexity index is 1070. The van der Waals surface area contributed by atoms with Gasteiger partial charge in [-0.05, 0) is 60.9 Å². The maximum atomic E-state index is 13.5. The van der Waals surface area contributed by atoms with Gasteiger partial charge in [0.15, 0.2) is 0 Å². The molecule has 0 radical (unpaired) electrons. The molecule has 1 saturated heterocycles. The molecule has 1 aliphatic rings. The van der Waals surface area contributed by atoms with Crippen molar-refractivity contribution < 1.29 is 9.59 Å². The van der Waals surface area contributed by atoms with Crippen molar-refractivity contribution in [3.8, 4) is 0 Å². The van der Waals surface area contributed by atoms with E-state index >= 15 is 0 Å². The molecule has 0 bridgehead atoms. The Morgan fingerprint density at radius 1 is 1.22 bits per heavy atom. The summed E-state index contributed by atoms with van der Waals surface area (Å²) < 4.78 is 0. The van der Waals surface area contributed by atoms with E-state index in [1.54, 1.807) is 36.0 Å². The molecule has 1 aromatic heterocycles. The zero-order valence-corrected chi connectivity index (χ0v) is 19.7. The van der Waals surface area contributed by atoms with Crippen LogP contribution in [-0.4, -0.2) is 52.8 Å². The molecule has 5 nitrogen and oxygen atoms in total. The smallest absolute Gasteiger partial charge is 0.253 e. The Labute approximate surface area is 197 Å². The largest absolute Gasteiger partial charge is 0.358 e. The van der Waals surface area contributed by atoms with E-state index in [4.69, 9.17) is 11.6 Å². The molecule has 0 aliphatic carbocycles. The van der Waals surface area contributed by atoms with E-state index < -0.39 is 6.04 Å². The van der Waals surface area contributed by atoms with Crippen LogP contribution in [0.25, 0.3) is 10.9 Å². The van der Waals surface area contributed by atoms with Gasteiger partial charge >= 0.3 is 0 Å². The molecule has 0 saturated carbocycles. The number of piperidine rings is 1. The number of para-hydroxylation sites is 1. The van der Waals surface area contributed by atoms with Gasteiger partial charge in [-0.25, -0.2) is 0 Å². The number of hydrogen-bond donors (Lipinski definition) is 2. The second-order valence-corrected chi connectivity index (χ2v) is 9.62. The average Bonchev–Trinajstić information content (AvgIpc) is 3.26. The lowest BCUT2D eigenvalue weighted by Crippen LogP contribution is -2.51. The number of nitrogens with one attached hydrogen (secondary N) is 2. The molecular formula is C25H28ClN3O2S. The monoisotopic (exact) mass is 469 g/mol. The number of thioether (sulfide) groups is 1. The van der Waals surface area contributed by atoms with Gasteiger partial charge < -0.3 is 15.2 Å². The molecule has 2 heterocycles. The van der Waals surface area contributed by atoms with Gasteiger partial charge in [-0.15, -0.1) is 0 Å². The fourth-order valence-electron chi connectivity index (χ4n) is 4.34. The van der Waals surface area contributed by atoms with E-state index in [2.05, 4.69) is 28.5 Å². The van der Waals surface area contributed by atoms with Gasteiger partial charge in [0, 0.05) is 30.2 Å². The fraction of sp³-hybridized carbons (Fsp3) is 0.360. The molecule has 0 unspecified atom stereocenters. The van der Waals surface area contributed by atoms with Gasteiger partial charge in [-0.2, -0.15) is 11.8 Å². The van der Waals surface area contributed by atoms with E-state index in [0.29, 0.717) is 30.1 Å². The highest BCUT2D eigenvalue weighted by molar-refractivity contribution is 7.98. The maximum absolute atomic E-state index is 13.5. The van der Waals surface area contributed by atoms with Gasteiger partial charge in [-0.3, -0.25) is 9.59 Å². The van der Waals surface area contributed by atoms with Crippen LogP contribution < -0.4 is 5.32 Å². The summed E-state index contributed by atoms with van der Waals surface area (Å²) in [6.45, 7) is 1.37. The molecule has 2 aromatic carbocycles. The number of benzene rings is 2. The second kappa shape index (κ2) is 10.5. The maximum Gasteiger partial charge on any atom is 0.253 e. The van der Waals surface area contributed by atoms with E-state index in [1.807, 2.05) is 23.3 Å². The molecule has 4 rings (SSSR count). The minimum Gasteiger partial charge on any atom is -0.358 e. The lowest BCUT2D eigenvalue weighted by Gasteiger charge is -2.35.